The molecule has 0 radical (unpaired) electrons. The maximum absolute atomic E-state index is 6.89. The Bertz CT molecular complexity index is 2480. The van der Waals surface area contributed by atoms with Crippen LogP contribution in [0.3, 0.4) is 0 Å². The van der Waals surface area contributed by atoms with Gasteiger partial charge in [-0.3, -0.25) is 0 Å². The Morgan fingerprint density at radius 2 is 0.702 bits per heavy atom. The first-order valence-electron chi connectivity index (χ1n) is 16.2. The molecule has 3 nitrogen and oxygen atoms in total. The van der Waals surface area contributed by atoms with Gasteiger partial charge in [0, 0.05) is 11.5 Å². The highest BCUT2D eigenvalue weighted by Crippen LogP contribution is 2.42. The molecule has 0 unspecified atom stereocenters. The number of para-hydroxylation sites is 1. The van der Waals surface area contributed by atoms with E-state index in [1.165, 1.54) is 44.3 Å². The second kappa shape index (κ2) is 9.31. The van der Waals surface area contributed by atoms with E-state index in [9.17, 15) is 0 Å². The van der Waals surface area contributed by atoms with Gasteiger partial charge in [-0.1, -0.05) is 121 Å². The van der Waals surface area contributed by atoms with Gasteiger partial charge in [-0.15, -0.1) is 0 Å². The summed E-state index contributed by atoms with van der Waals surface area (Å²) in [5.41, 5.74) is 14.3. The van der Waals surface area contributed by atoms with Crippen LogP contribution < -0.4 is 47.0 Å². The number of rotatable bonds is 0. The topological polar surface area (TPSA) is 27.7 Å². The fourth-order valence-electron chi connectivity index (χ4n) is 8.40. The lowest BCUT2D eigenvalue weighted by Crippen LogP contribution is -2.61. The van der Waals surface area contributed by atoms with Gasteiger partial charge in [-0.25, -0.2) is 0 Å². The molecular weight excluding hydrogens is 574 g/mol. The van der Waals surface area contributed by atoms with Gasteiger partial charge >= 0.3 is 0 Å². The summed E-state index contributed by atoms with van der Waals surface area (Å²) in [7, 11) is 0. The van der Waals surface area contributed by atoms with Crippen molar-refractivity contribution in [2.24, 2.45) is 0 Å². The average molecular weight is 598 g/mol. The lowest BCUT2D eigenvalue weighted by Gasteiger charge is -2.35. The second-order valence-electron chi connectivity index (χ2n) is 12.7. The van der Waals surface area contributed by atoms with E-state index in [2.05, 4.69) is 121 Å². The number of benzene rings is 7. The molecule has 0 bridgehead atoms. The molecule has 0 N–H and O–H groups in total. The van der Waals surface area contributed by atoms with Crippen molar-refractivity contribution >= 4 is 46.2 Å². The molecule has 0 atom stereocenters. The summed E-state index contributed by atoms with van der Waals surface area (Å²) >= 11 is 0. The molecule has 4 aliphatic rings. The van der Waals surface area contributed by atoms with Crippen molar-refractivity contribution in [2.75, 3.05) is 0 Å². The van der Waals surface area contributed by atoms with Crippen molar-refractivity contribution in [3.05, 3.63) is 146 Å². The summed E-state index contributed by atoms with van der Waals surface area (Å²) in [6.45, 7) is -0.0951. The van der Waals surface area contributed by atoms with Crippen molar-refractivity contribution in [3.63, 3.8) is 0 Å². The van der Waals surface area contributed by atoms with E-state index in [1.807, 2.05) is 24.3 Å². The highest BCUT2D eigenvalue weighted by molar-refractivity contribution is 7.01. The number of hydrogen-bond donors (Lipinski definition) is 0. The molecule has 11 rings (SSSR count). The molecule has 0 fully saturated rings. The average Bonchev–Trinajstić information content (AvgIpc) is 3.16. The molecule has 7 aromatic carbocycles. The Labute approximate surface area is 273 Å². The van der Waals surface area contributed by atoms with Gasteiger partial charge in [0.25, 0.3) is 13.4 Å². The molecular formula is C42H24B2O3. The van der Waals surface area contributed by atoms with Crippen LogP contribution >= 0.6 is 0 Å². The zero-order valence-electron chi connectivity index (χ0n) is 25.2. The normalized spacial score (nSPS) is 13.5. The number of hydrogen-bond acceptors (Lipinski definition) is 3. The van der Waals surface area contributed by atoms with E-state index < -0.39 is 0 Å². The lowest BCUT2D eigenvalue weighted by atomic mass is 9.31. The second-order valence-corrected chi connectivity index (χ2v) is 12.7. The summed E-state index contributed by atoms with van der Waals surface area (Å²) in [5.74, 6) is 5.09. The molecule has 5 heteroatoms. The number of ether oxygens (including phenoxy) is 3. The van der Waals surface area contributed by atoms with Crippen molar-refractivity contribution in [2.45, 2.75) is 0 Å². The monoisotopic (exact) mass is 598 g/mol. The zero-order valence-corrected chi connectivity index (χ0v) is 25.2. The van der Waals surface area contributed by atoms with Crippen LogP contribution in [0.4, 0.5) is 0 Å². The van der Waals surface area contributed by atoms with Gasteiger partial charge in [0.1, 0.15) is 34.5 Å². The summed E-state index contributed by atoms with van der Waals surface area (Å²) in [6, 6.07) is 51.9. The van der Waals surface area contributed by atoms with E-state index in [0.717, 1.165) is 56.3 Å². The number of fused-ring (bicyclic) bond motifs is 13. The van der Waals surface area contributed by atoms with Gasteiger partial charge < -0.3 is 14.2 Å². The summed E-state index contributed by atoms with van der Waals surface area (Å²) < 4.78 is 20.0. The molecule has 47 heavy (non-hydrogen) atoms. The first-order valence-corrected chi connectivity index (χ1v) is 16.2. The van der Waals surface area contributed by atoms with E-state index in [0.29, 0.717) is 0 Å². The third kappa shape index (κ3) is 3.43. The SMILES string of the molecule is c1ccc2c(c1)Oc1cccc3c1B2c1cc2c(cc1O3)Oc1cccc3c1B2c1ccccc1-c1ccccc1-c1ccccc1-3. The lowest BCUT2D eigenvalue weighted by molar-refractivity contribution is 0.456. The van der Waals surface area contributed by atoms with Crippen LogP contribution in [0.5, 0.6) is 34.5 Å². The third-order valence-corrected chi connectivity index (χ3v) is 10.3. The molecule has 0 aliphatic carbocycles. The van der Waals surface area contributed by atoms with Crippen LogP contribution in [-0.4, -0.2) is 13.4 Å². The molecule has 0 saturated heterocycles. The van der Waals surface area contributed by atoms with Gasteiger partial charge in [0.15, 0.2) is 0 Å². The van der Waals surface area contributed by atoms with Crippen molar-refractivity contribution in [1.82, 2.24) is 0 Å². The van der Waals surface area contributed by atoms with Gasteiger partial charge in [-0.05, 0) is 79.5 Å². The standard InChI is InChI=1S/C42H24B2O3/c1-3-13-27-25(11-1)26-12-2-4-14-28(26)30-16-9-20-36-41(30)43(31-17-6-5-15-29(27)31)33-23-34-40(24-39(33)46-36)47-38-22-10-21-37-42(38)44(34)32-18-7-8-19-35(32)45-37/h1-24H. The summed E-state index contributed by atoms with van der Waals surface area (Å²) in [6.07, 6.45) is 0. The summed E-state index contributed by atoms with van der Waals surface area (Å²) in [4.78, 5) is 0. The minimum atomic E-state index is -0.0719. The van der Waals surface area contributed by atoms with E-state index in [-0.39, 0.29) is 13.4 Å². The van der Waals surface area contributed by atoms with Crippen LogP contribution in [0, 0.1) is 0 Å². The van der Waals surface area contributed by atoms with Gasteiger partial charge in [0.2, 0.25) is 0 Å². The Hall–Kier alpha value is -5.93. The van der Waals surface area contributed by atoms with Crippen LogP contribution in [0.2, 0.25) is 0 Å². The first kappa shape index (κ1) is 25.3. The molecule has 0 spiro atoms. The zero-order chi connectivity index (χ0) is 30.6. The Morgan fingerprint density at radius 3 is 1.38 bits per heavy atom. The molecule has 0 amide bonds. The predicted molar refractivity (Wildman–Crippen MR) is 192 cm³/mol. The largest absolute Gasteiger partial charge is 0.458 e. The minimum absolute atomic E-state index is 0.0233. The Balaban J connectivity index is 1.24. The van der Waals surface area contributed by atoms with E-state index in [4.69, 9.17) is 14.2 Å². The quantitative estimate of drug-likeness (QED) is 0.191. The maximum Gasteiger partial charge on any atom is 0.260 e. The van der Waals surface area contributed by atoms with Crippen molar-refractivity contribution in [3.8, 4) is 67.9 Å². The molecule has 216 valence electrons. The summed E-state index contributed by atoms with van der Waals surface area (Å²) in [5, 5.41) is 0. The molecule has 4 heterocycles. The molecule has 4 aliphatic heterocycles. The minimum Gasteiger partial charge on any atom is -0.458 e. The smallest absolute Gasteiger partial charge is 0.260 e. The highest BCUT2D eigenvalue weighted by atomic mass is 16.5. The van der Waals surface area contributed by atoms with Crippen molar-refractivity contribution in [1.29, 1.82) is 0 Å². The van der Waals surface area contributed by atoms with E-state index in [1.54, 1.807) is 0 Å². The third-order valence-electron chi connectivity index (χ3n) is 10.3. The highest BCUT2D eigenvalue weighted by Gasteiger charge is 2.43. The van der Waals surface area contributed by atoms with Crippen LogP contribution in [0.15, 0.2) is 146 Å². The van der Waals surface area contributed by atoms with Crippen LogP contribution in [-0.2, 0) is 0 Å². The predicted octanol–water partition coefficient (Wildman–Crippen LogP) is 6.35. The fourth-order valence-corrected chi connectivity index (χ4v) is 8.40. The Kier molecular flexibility index (Phi) is 5.01. The molecule has 7 aromatic rings. The van der Waals surface area contributed by atoms with Crippen molar-refractivity contribution < 1.29 is 14.2 Å². The van der Waals surface area contributed by atoms with Gasteiger partial charge in [-0.2, -0.15) is 0 Å². The maximum atomic E-state index is 6.89. The van der Waals surface area contributed by atoms with E-state index >= 15 is 0 Å². The van der Waals surface area contributed by atoms with Crippen LogP contribution in [0.1, 0.15) is 0 Å². The molecule has 0 saturated carbocycles. The van der Waals surface area contributed by atoms with Crippen LogP contribution in [0.25, 0.3) is 33.4 Å². The molecule has 0 aromatic heterocycles. The fraction of sp³-hybridized carbons (Fsp3) is 0. The Morgan fingerprint density at radius 1 is 0.277 bits per heavy atom. The first-order chi connectivity index (χ1) is 23.3. The van der Waals surface area contributed by atoms with Gasteiger partial charge in [0.05, 0.1) is 0 Å².